The Hall–Kier alpha value is -1.58. The number of hydrogen-bond acceptors (Lipinski definition) is 1. The number of halogens is 2. The van der Waals surface area contributed by atoms with E-state index in [0.29, 0.717) is 17.9 Å². The van der Waals surface area contributed by atoms with Gasteiger partial charge >= 0.3 is 17.1 Å². The van der Waals surface area contributed by atoms with Gasteiger partial charge < -0.3 is 29.6 Å². The van der Waals surface area contributed by atoms with Gasteiger partial charge in [-0.1, -0.05) is 57.4 Å². The van der Waals surface area contributed by atoms with Crippen LogP contribution in [0.5, 0.6) is 5.75 Å². The van der Waals surface area contributed by atoms with Crippen LogP contribution < -0.4 is 34.1 Å². The second-order valence-electron chi connectivity index (χ2n) is 9.25. The van der Waals surface area contributed by atoms with Gasteiger partial charge in [0.1, 0.15) is 12.4 Å². The SMILES string of the molecule is CC(C)c1c[n+](C(C)C)c2ccc(OCCCCCCC3C=CC=C3)cn12.[Cl-].[Cl-].[Fe+2].c1cc[cH-]c1. The van der Waals surface area contributed by atoms with Crippen molar-refractivity contribution in [3.63, 3.8) is 0 Å². The van der Waals surface area contributed by atoms with Crippen molar-refractivity contribution in [1.29, 1.82) is 0 Å². The van der Waals surface area contributed by atoms with Gasteiger partial charge in [-0.15, -0.1) is 0 Å². The zero-order valence-corrected chi connectivity index (χ0v) is 24.0. The van der Waals surface area contributed by atoms with E-state index < -0.39 is 0 Å². The van der Waals surface area contributed by atoms with Crippen LogP contribution in [0.25, 0.3) is 5.65 Å². The van der Waals surface area contributed by atoms with E-state index in [-0.39, 0.29) is 41.9 Å². The van der Waals surface area contributed by atoms with Gasteiger partial charge in [-0.25, -0.2) is 16.7 Å². The van der Waals surface area contributed by atoms with Gasteiger partial charge in [0.15, 0.2) is 11.4 Å². The van der Waals surface area contributed by atoms with Crippen molar-refractivity contribution in [3.8, 4) is 5.75 Å². The van der Waals surface area contributed by atoms with Crippen LogP contribution in [0.2, 0.25) is 0 Å². The van der Waals surface area contributed by atoms with Gasteiger partial charge in [0.25, 0.3) is 5.65 Å². The zero-order chi connectivity index (χ0) is 22.8. The number of unbranched alkanes of at least 4 members (excludes halogenated alkanes) is 3. The molecule has 6 heteroatoms. The zero-order valence-electron chi connectivity index (χ0n) is 21.4. The van der Waals surface area contributed by atoms with E-state index in [1.807, 2.05) is 30.3 Å². The molecule has 194 valence electrons. The molecule has 0 saturated heterocycles. The molecule has 0 bridgehead atoms. The van der Waals surface area contributed by atoms with Gasteiger partial charge in [0.05, 0.1) is 12.6 Å². The molecule has 0 atom stereocenters. The first kappa shape index (κ1) is 33.4. The minimum Gasteiger partial charge on any atom is -1.00 e. The number of fused-ring (bicyclic) bond motifs is 1. The minimum atomic E-state index is 0. The van der Waals surface area contributed by atoms with Gasteiger partial charge in [0.2, 0.25) is 0 Å². The maximum Gasteiger partial charge on any atom is 2.00 e. The number of ether oxygens (including phenoxy) is 1. The van der Waals surface area contributed by atoms with Crippen LogP contribution in [0, 0.1) is 5.92 Å². The normalized spacial score (nSPS) is 12.2. The Balaban J connectivity index is 0.00000129. The summed E-state index contributed by atoms with van der Waals surface area (Å²) >= 11 is 0. The van der Waals surface area contributed by atoms with Gasteiger partial charge in [-0.3, -0.25) is 0 Å². The second kappa shape index (κ2) is 17.8. The third-order valence-electron chi connectivity index (χ3n) is 5.95. The average molecular weight is 559 g/mol. The number of hydrogen-bond donors (Lipinski definition) is 0. The maximum absolute atomic E-state index is 6.05. The van der Waals surface area contributed by atoms with E-state index in [2.05, 4.69) is 85.5 Å². The molecule has 0 aliphatic heterocycles. The molecule has 1 aromatic carbocycles. The minimum absolute atomic E-state index is 0. The largest absolute Gasteiger partial charge is 2.00 e. The number of rotatable bonds is 10. The van der Waals surface area contributed by atoms with E-state index in [1.54, 1.807) is 0 Å². The molecule has 0 unspecified atom stereocenters. The Bertz CT molecular complexity index is 964. The van der Waals surface area contributed by atoms with Crippen LogP contribution in [0.15, 0.2) is 79.2 Å². The Labute approximate surface area is 235 Å². The van der Waals surface area contributed by atoms with Crippen LogP contribution >= 0.6 is 0 Å². The summed E-state index contributed by atoms with van der Waals surface area (Å²) in [6.45, 7) is 9.76. The van der Waals surface area contributed by atoms with Crippen molar-refractivity contribution >= 4 is 5.65 Å². The molecule has 0 spiro atoms. The Morgan fingerprint density at radius 3 is 2.17 bits per heavy atom. The van der Waals surface area contributed by atoms with Crippen molar-refractivity contribution in [2.75, 3.05) is 6.61 Å². The van der Waals surface area contributed by atoms with Crippen LogP contribution in [0.1, 0.15) is 77.5 Å². The molecule has 3 aromatic rings. The fourth-order valence-electron chi connectivity index (χ4n) is 4.10. The van der Waals surface area contributed by atoms with E-state index >= 15 is 0 Å². The van der Waals surface area contributed by atoms with E-state index in [9.17, 15) is 0 Å². The first-order valence-corrected chi connectivity index (χ1v) is 12.3. The first-order chi connectivity index (χ1) is 15.6. The predicted molar refractivity (Wildman–Crippen MR) is 134 cm³/mol. The summed E-state index contributed by atoms with van der Waals surface area (Å²) in [5.41, 5.74) is 2.57. The molecule has 1 aliphatic rings. The molecule has 0 saturated carbocycles. The first-order valence-electron chi connectivity index (χ1n) is 12.3. The van der Waals surface area contributed by atoms with Crippen LogP contribution in [-0.4, -0.2) is 11.0 Å². The molecule has 0 fully saturated rings. The number of pyridine rings is 1. The molecule has 2 heterocycles. The molecule has 4 rings (SSSR count). The summed E-state index contributed by atoms with van der Waals surface area (Å²) in [6, 6.07) is 14.7. The molecule has 0 N–H and O–H groups in total. The maximum atomic E-state index is 6.05. The summed E-state index contributed by atoms with van der Waals surface area (Å²) in [5, 5.41) is 0. The second-order valence-corrected chi connectivity index (χ2v) is 9.25. The molecule has 0 radical (unpaired) electrons. The number of nitrogens with zero attached hydrogens (tertiary/aromatic N) is 2. The molecular weight excluding hydrogens is 519 g/mol. The molecular formula is C29H40Cl2FeN2O. The fourth-order valence-corrected chi connectivity index (χ4v) is 4.10. The summed E-state index contributed by atoms with van der Waals surface area (Å²) < 4.78 is 10.7. The van der Waals surface area contributed by atoms with Crippen molar-refractivity contribution in [1.82, 2.24) is 4.40 Å². The molecule has 1 aliphatic carbocycles. The molecule has 2 aromatic heterocycles. The summed E-state index contributed by atoms with van der Waals surface area (Å²) in [7, 11) is 0. The number of imidazole rings is 1. The standard InChI is InChI=1S/C24H35N2O.C5H5.2ClH.Fe/c1-19(2)23-18-25(20(3)4)24-15-14-22(17-26(23)24)27-16-10-6-5-7-11-21-12-8-9-13-21;1-2-4-5-3-1;;;/h8-9,12-15,17-21H,5-7,10-11,16H2,1-4H3;1-5H;2*1H;/q+1;-1;;;+2/p-2. The van der Waals surface area contributed by atoms with Crippen molar-refractivity contribution in [2.45, 2.75) is 71.8 Å². The topological polar surface area (TPSA) is 17.5 Å². The quantitative estimate of drug-likeness (QED) is 0.159. The Morgan fingerprint density at radius 2 is 1.60 bits per heavy atom. The van der Waals surface area contributed by atoms with Gasteiger partial charge in [-0.05, 0) is 38.7 Å². The number of allylic oxidation sites excluding steroid dienone is 4. The predicted octanol–water partition coefficient (Wildman–Crippen LogP) is 1.41. The van der Waals surface area contributed by atoms with Crippen LogP contribution in [0.3, 0.4) is 0 Å². The third-order valence-corrected chi connectivity index (χ3v) is 5.95. The third kappa shape index (κ3) is 10.5. The average Bonchev–Trinajstić information content (AvgIpc) is 3.55. The summed E-state index contributed by atoms with van der Waals surface area (Å²) in [4.78, 5) is 0. The molecule has 3 nitrogen and oxygen atoms in total. The van der Waals surface area contributed by atoms with Crippen LogP contribution in [-0.2, 0) is 17.1 Å². The summed E-state index contributed by atoms with van der Waals surface area (Å²) in [5.74, 6) is 2.13. The molecule has 35 heavy (non-hydrogen) atoms. The van der Waals surface area contributed by atoms with Crippen LogP contribution in [0.4, 0.5) is 0 Å². The van der Waals surface area contributed by atoms with E-state index in [4.69, 9.17) is 4.74 Å². The fraction of sp³-hybridized carbons (Fsp3) is 0.448. The monoisotopic (exact) mass is 558 g/mol. The van der Waals surface area contributed by atoms with E-state index in [1.165, 1.54) is 37.0 Å². The van der Waals surface area contributed by atoms with Crippen molar-refractivity contribution in [3.05, 3.63) is 84.9 Å². The summed E-state index contributed by atoms with van der Waals surface area (Å²) in [6.07, 6.45) is 19.6. The van der Waals surface area contributed by atoms with Gasteiger partial charge in [0, 0.05) is 12.0 Å². The van der Waals surface area contributed by atoms with Crippen molar-refractivity contribution in [2.24, 2.45) is 5.92 Å². The Kier molecular flexibility index (Phi) is 17.0. The van der Waals surface area contributed by atoms with Crippen molar-refractivity contribution < 1.29 is 51.2 Å². The molecule has 0 amide bonds. The number of aromatic nitrogens is 2. The Morgan fingerprint density at radius 1 is 0.943 bits per heavy atom. The van der Waals surface area contributed by atoms with E-state index in [0.717, 1.165) is 18.8 Å². The smallest absolute Gasteiger partial charge is 1.00 e. The van der Waals surface area contributed by atoms with Gasteiger partial charge in [-0.2, -0.15) is 22.6 Å².